The fourth-order valence-corrected chi connectivity index (χ4v) is 3.47. The van der Waals surface area contributed by atoms with Crippen molar-refractivity contribution in [3.05, 3.63) is 53.6 Å². The average molecular weight is 414 g/mol. The minimum atomic E-state index is -0.221. The lowest BCUT2D eigenvalue weighted by molar-refractivity contribution is -0.125. The van der Waals surface area contributed by atoms with Crippen LogP contribution in [0.5, 0.6) is 17.2 Å². The van der Waals surface area contributed by atoms with Gasteiger partial charge in [0.1, 0.15) is 17.2 Å². The Morgan fingerprint density at radius 1 is 1.10 bits per heavy atom. The first kappa shape index (κ1) is 21.9. The molecule has 2 aromatic carbocycles. The van der Waals surface area contributed by atoms with Crippen LogP contribution in [0.2, 0.25) is 0 Å². The number of carbonyl (C=O) groups excluding carboxylic acids is 1. The van der Waals surface area contributed by atoms with Crippen LogP contribution in [0.4, 0.5) is 0 Å². The molecule has 2 unspecified atom stereocenters. The molecule has 1 amide bonds. The van der Waals surface area contributed by atoms with E-state index in [2.05, 4.69) is 23.1 Å². The molecule has 0 aliphatic carbocycles. The number of hydrazine groups is 1. The smallest absolute Gasteiger partial charge is 0.226 e. The lowest BCUT2D eigenvalue weighted by Crippen LogP contribution is -2.34. The summed E-state index contributed by atoms with van der Waals surface area (Å²) in [5.74, 6) is 2.02. The normalized spacial score (nSPS) is 18.1. The van der Waals surface area contributed by atoms with E-state index in [9.17, 15) is 4.79 Å². The summed E-state index contributed by atoms with van der Waals surface area (Å²) >= 11 is 0. The molecule has 0 spiro atoms. The summed E-state index contributed by atoms with van der Waals surface area (Å²) in [5.41, 5.74) is 8.27. The van der Waals surface area contributed by atoms with Gasteiger partial charge in [0.15, 0.2) is 0 Å². The van der Waals surface area contributed by atoms with Crippen LogP contribution in [0, 0.1) is 5.92 Å². The predicted octanol–water partition coefficient (Wildman–Crippen LogP) is 2.96. The third kappa shape index (κ3) is 5.43. The van der Waals surface area contributed by atoms with Gasteiger partial charge in [-0.05, 0) is 36.2 Å². The Hall–Kier alpha value is -2.77. The van der Waals surface area contributed by atoms with Gasteiger partial charge in [0.05, 0.1) is 32.8 Å². The summed E-state index contributed by atoms with van der Waals surface area (Å²) in [5, 5.41) is 3.03. The molecular formula is C23H31N3O4. The zero-order chi connectivity index (χ0) is 21.3. The highest BCUT2D eigenvalue weighted by Gasteiger charge is 2.33. The van der Waals surface area contributed by atoms with Gasteiger partial charge in [-0.2, -0.15) is 0 Å². The molecular weight excluding hydrogens is 382 g/mol. The van der Waals surface area contributed by atoms with Crippen molar-refractivity contribution in [2.24, 2.45) is 5.92 Å². The molecule has 0 saturated carbocycles. The summed E-state index contributed by atoms with van der Waals surface area (Å²) < 4.78 is 16.4. The van der Waals surface area contributed by atoms with E-state index in [4.69, 9.17) is 14.2 Å². The monoisotopic (exact) mass is 413 g/mol. The number of rotatable bonds is 10. The lowest BCUT2D eigenvalue weighted by atomic mass is 9.94. The van der Waals surface area contributed by atoms with Crippen molar-refractivity contribution >= 4 is 5.91 Å². The van der Waals surface area contributed by atoms with Crippen molar-refractivity contribution in [1.82, 2.24) is 16.2 Å². The molecule has 2 aromatic rings. The molecule has 0 bridgehead atoms. The first-order chi connectivity index (χ1) is 14.7. The second-order valence-electron chi connectivity index (χ2n) is 7.28. The predicted molar refractivity (Wildman–Crippen MR) is 116 cm³/mol. The summed E-state index contributed by atoms with van der Waals surface area (Å²) in [6.45, 7) is 3.81. The third-order valence-electron chi connectivity index (χ3n) is 5.27. The first-order valence-corrected chi connectivity index (χ1v) is 10.4. The maximum atomic E-state index is 12.9. The number of ether oxygens (including phenoxy) is 3. The summed E-state index contributed by atoms with van der Waals surface area (Å²) in [6, 6.07) is 13.4. The van der Waals surface area contributed by atoms with Crippen LogP contribution in [0.3, 0.4) is 0 Å². The van der Waals surface area contributed by atoms with E-state index in [1.807, 2.05) is 42.5 Å². The summed E-state index contributed by atoms with van der Waals surface area (Å²) in [4.78, 5) is 12.9. The van der Waals surface area contributed by atoms with Crippen molar-refractivity contribution in [2.75, 3.05) is 27.4 Å². The fraction of sp³-hybridized carbons (Fsp3) is 0.435. The van der Waals surface area contributed by atoms with E-state index >= 15 is 0 Å². The molecule has 162 valence electrons. The maximum Gasteiger partial charge on any atom is 0.226 e. The van der Waals surface area contributed by atoms with Gasteiger partial charge in [-0.1, -0.05) is 25.5 Å². The SMILES string of the molecule is CCCCOc1ccc(C2NNCC2C(=O)NCc2ccc(OC)cc2OC)cc1. The van der Waals surface area contributed by atoms with Gasteiger partial charge < -0.3 is 19.5 Å². The van der Waals surface area contributed by atoms with Crippen molar-refractivity contribution < 1.29 is 19.0 Å². The molecule has 7 nitrogen and oxygen atoms in total. The molecule has 7 heteroatoms. The van der Waals surface area contributed by atoms with Crippen molar-refractivity contribution in [1.29, 1.82) is 0 Å². The zero-order valence-electron chi connectivity index (χ0n) is 17.9. The second-order valence-corrected chi connectivity index (χ2v) is 7.28. The van der Waals surface area contributed by atoms with Crippen molar-refractivity contribution in [3.8, 4) is 17.2 Å². The van der Waals surface area contributed by atoms with Crippen LogP contribution in [-0.4, -0.2) is 33.3 Å². The van der Waals surface area contributed by atoms with Crippen LogP contribution in [-0.2, 0) is 11.3 Å². The molecule has 3 N–H and O–H groups in total. The molecule has 1 fully saturated rings. The van der Waals surface area contributed by atoms with Crippen LogP contribution in [0.15, 0.2) is 42.5 Å². The fourth-order valence-electron chi connectivity index (χ4n) is 3.47. The number of methoxy groups -OCH3 is 2. The minimum Gasteiger partial charge on any atom is -0.497 e. The Labute approximate surface area is 178 Å². The highest BCUT2D eigenvalue weighted by atomic mass is 16.5. The number of hydrogen-bond donors (Lipinski definition) is 3. The van der Waals surface area contributed by atoms with Crippen LogP contribution < -0.4 is 30.4 Å². The van der Waals surface area contributed by atoms with Crippen LogP contribution >= 0.6 is 0 Å². The second kappa shape index (κ2) is 10.8. The number of hydrogen-bond acceptors (Lipinski definition) is 6. The molecule has 1 heterocycles. The maximum absolute atomic E-state index is 12.9. The summed E-state index contributed by atoms with van der Waals surface area (Å²) in [6.07, 6.45) is 2.14. The Morgan fingerprint density at radius 3 is 2.57 bits per heavy atom. The topological polar surface area (TPSA) is 80.9 Å². The molecule has 1 aliphatic heterocycles. The largest absolute Gasteiger partial charge is 0.497 e. The number of amides is 1. The van der Waals surface area contributed by atoms with Crippen molar-refractivity contribution in [3.63, 3.8) is 0 Å². The van der Waals surface area contributed by atoms with Crippen LogP contribution in [0.25, 0.3) is 0 Å². The minimum absolute atomic E-state index is 0.0151. The lowest BCUT2D eigenvalue weighted by Gasteiger charge is -2.19. The van der Waals surface area contributed by atoms with E-state index in [0.717, 1.165) is 36.3 Å². The molecule has 30 heavy (non-hydrogen) atoms. The Morgan fingerprint density at radius 2 is 1.87 bits per heavy atom. The third-order valence-corrected chi connectivity index (χ3v) is 5.27. The van der Waals surface area contributed by atoms with Gasteiger partial charge in [0.25, 0.3) is 0 Å². The molecule has 1 aliphatic rings. The zero-order valence-corrected chi connectivity index (χ0v) is 17.9. The molecule has 2 atom stereocenters. The van der Waals surface area contributed by atoms with E-state index < -0.39 is 0 Å². The van der Waals surface area contributed by atoms with Gasteiger partial charge in [0, 0.05) is 24.7 Å². The Balaban J connectivity index is 1.60. The highest BCUT2D eigenvalue weighted by Crippen LogP contribution is 2.28. The summed E-state index contributed by atoms with van der Waals surface area (Å²) in [7, 11) is 3.22. The van der Waals surface area contributed by atoms with E-state index in [1.54, 1.807) is 14.2 Å². The average Bonchev–Trinajstić information content (AvgIpc) is 3.28. The molecule has 0 radical (unpaired) electrons. The van der Waals surface area contributed by atoms with Gasteiger partial charge in [0.2, 0.25) is 5.91 Å². The van der Waals surface area contributed by atoms with Crippen molar-refractivity contribution in [2.45, 2.75) is 32.4 Å². The highest BCUT2D eigenvalue weighted by molar-refractivity contribution is 5.80. The molecule has 0 aromatic heterocycles. The Bertz CT molecular complexity index is 826. The standard InChI is InChI=1S/C23H31N3O4/c1-4-5-12-30-18-9-6-16(7-10-18)22-20(15-25-26-22)23(27)24-14-17-8-11-19(28-2)13-21(17)29-3/h6-11,13,20,22,25-26H,4-5,12,14-15H2,1-3H3,(H,24,27). The van der Waals surface area contributed by atoms with Gasteiger partial charge in [-0.25, -0.2) is 5.43 Å². The number of nitrogens with one attached hydrogen (secondary N) is 3. The number of benzene rings is 2. The molecule has 3 rings (SSSR count). The Kier molecular flexibility index (Phi) is 7.93. The quantitative estimate of drug-likeness (QED) is 0.520. The number of carbonyl (C=O) groups is 1. The molecule has 1 saturated heterocycles. The first-order valence-electron chi connectivity index (χ1n) is 10.4. The van der Waals surface area contributed by atoms with E-state index in [0.29, 0.717) is 24.6 Å². The number of unbranched alkanes of at least 4 members (excludes halogenated alkanes) is 1. The van der Waals surface area contributed by atoms with Crippen LogP contribution in [0.1, 0.15) is 36.9 Å². The van der Waals surface area contributed by atoms with E-state index in [-0.39, 0.29) is 17.9 Å². The van der Waals surface area contributed by atoms with E-state index in [1.165, 1.54) is 0 Å². The van der Waals surface area contributed by atoms with Gasteiger partial charge >= 0.3 is 0 Å². The van der Waals surface area contributed by atoms with Gasteiger partial charge in [-0.15, -0.1) is 0 Å². The van der Waals surface area contributed by atoms with Gasteiger partial charge in [-0.3, -0.25) is 10.2 Å².